The van der Waals surface area contributed by atoms with Crippen molar-refractivity contribution in [1.82, 2.24) is 20.4 Å². The molecule has 1 aliphatic carbocycles. The van der Waals surface area contributed by atoms with Crippen LogP contribution in [-0.4, -0.2) is 80.1 Å². The van der Waals surface area contributed by atoms with Gasteiger partial charge in [0.2, 0.25) is 5.91 Å². The summed E-state index contributed by atoms with van der Waals surface area (Å²) in [5.41, 5.74) is 0. The van der Waals surface area contributed by atoms with Gasteiger partial charge < -0.3 is 20.3 Å². The molecule has 180 valence electrons. The number of piperazine rings is 1. The van der Waals surface area contributed by atoms with Crippen molar-refractivity contribution in [3.05, 3.63) is 30.1 Å². The lowest BCUT2D eigenvalue weighted by Crippen LogP contribution is -2.52. The van der Waals surface area contributed by atoms with Crippen molar-refractivity contribution in [2.75, 3.05) is 52.4 Å². The van der Waals surface area contributed by atoms with Crippen LogP contribution in [0.1, 0.15) is 33.1 Å². The van der Waals surface area contributed by atoms with Crippen molar-refractivity contribution in [3.8, 4) is 5.75 Å². The Hall–Kier alpha value is -1.62. The monoisotopic (exact) mass is 561 g/mol. The van der Waals surface area contributed by atoms with Crippen LogP contribution in [0.2, 0.25) is 0 Å². The van der Waals surface area contributed by atoms with Gasteiger partial charge in [-0.3, -0.25) is 9.69 Å². The van der Waals surface area contributed by atoms with Gasteiger partial charge in [0.1, 0.15) is 6.10 Å². The van der Waals surface area contributed by atoms with Gasteiger partial charge in [0, 0.05) is 51.7 Å². The highest BCUT2D eigenvalue weighted by atomic mass is 127. The minimum atomic E-state index is -0.363. The Morgan fingerprint density at radius 2 is 1.94 bits per heavy atom. The van der Waals surface area contributed by atoms with Crippen LogP contribution in [0.25, 0.3) is 0 Å². The third-order valence-electron chi connectivity index (χ3n) is 5.87. The van der Waals surface area contributed by atoms with Gasteiger partial charge in [-0.15, -0.1) is 24.0 Å². The molecule has 9 heteroatoms. The first kappa shape index (κ1) is 26.6. The molecule has 1 saturated heterocycles. The van der Waals surface area contributed by atoms with Crippen molar-refractivity contribution in [2.45, 2.75) is 39.2 Å². The van der Waals surface area contributed by atoms with Gasteiger partial charge in [-0.2, -0.15) is 0 Å². The third-order valence-corrected chi connectivity index (χ3v) is 5.87. The average molecular weight is 561 g/mol. The first-order chi connectivity index (χ1) is 15.1. The second kappa shape index (κ2) is 13.8. The molecule has 1 saturated carbocycles. The number of ether oxygens (including phenoxy) is 1. The van der Waals surface area contributed by atoms with Crippen LogP contribution in [-0.2, 0) is 4.79 Å². The molecule has 32 heavy (non-hydrogen) atoms. The lowest BCUT2D eigenvalue weighted by atomic mass is 9.84. The zero-order chi connectivity index (χ0) is 22.1. The van der Waals surface area contributed by atoms with Gasteiger partial charge in [0.05, 0.1) is 6.54 Å². The number of carbonyl (C=O) groups excluding carboxylic acids is 1. The molecule has 1 aromatic carbocycles. The number of aliphatic imine (C=N–C) groups is 1. The van der Waals surface area contributed by atoms with E-state index in [1.807, 2.05) is 18.7 Å². The van der Waals surface area contributed by atoms with Gasteiger partial charge in [0.25, 0.3) is 0 Å². The molecule has 2 aliphatic rings. The summed E-state index contributed by atoms with van der Waals surface area (Å²) in [4.78, 5) is 21.3. The van der Waals surface area contributed by atoms with Crippen LogP contribution in [0.15, 0.2) is 29.3 Å². The molecule has 3 rings (SSSR count). The first-order valence-electron chi connectivity index (χ1n) is 11.5. The van der Waals surface area contributed by atoms with E-state index in [2.05, 4.69) is 20.5 Å². The molecule has 1 heterocycles. The smallest absolute Gasteiger partial charge is 0.225 e. The predicted octanol–water partition coefficient (Wildman–Crippen LogP) is 2.71. The fourth-order valence-electron chi connectivity index (χ4n) is 3.79. The van der Waals surface area contributed by atoms with Crippen LogP contribution in [0.5, 0.6) is 5.75 Å². The molecule has 0 spiro atoms. The van der Waals surface area contributed by atoms with Crippen LogP contribution < -0.4 is 15.4 Å². The van der Waals surface area contributed by atoms with Crippen molar-refractivity contribution < 1.29 is 13.9 Å². The molecule has 0 bridgehead atoms. The minimum absolute atomic E-state index is 0. The molecule has 1 unspecified atom stereocenters. The number of rotatable bonds is 9. The highest BCUT2D eigenvalue weighted by molar-refractivity contribution is 14.0. The van der Waals surface area contributed by atoms with Gasteiger partial charge in [-0.25, -0.2) is 9.38 Å². The molecular weight excluding hydrogens is 524 g/mol. The molecule has 1 atom stereocenters. The Bertz CT molecular complexity index is 739. The van der Waals surface area contributed by atoms with Gasteiger partial charge >= 0.3 is 0 Å². The van der Waals surface area contributed by atoms with Crippen molar-refractivity contribution in [2.24, 2.45) is 10.9 Å². The van der Waals surface area contributed by atoms with Gasteiger partial charge in [0.15, 0.2) is 17.5 Å². The maximum atomic E-state index is 13.7. The number of hydrogen-bond donors (Lipinski definition) is 2. The van der Waals surface area contributed by atoms with E-state index in [9.17, 15) is 9.18 Å². The number of para-hydroxylation sites is 1. The van der Waals surface area contributed by atoms with Crippen molar-refractivity contribution in [1.29, 1.82) is 0 Å². The van der Waals surface area contributed by atoms with Crippen molar-refractivity contribution >= 4 is 35.8 Å². The largest absolute Gasteiger partial charge is 0.486 e. The number of benzene rings is 1. The van der Waals surface area contributed by atoms with E-state index in [0.29, 0.717) is 12.5 Å². The summed E-state index contributed by atoms with van der Waals surface area (Å²) < 4.78 is 19.4. The second-order valence-electron chi connectivity index (χ2n) is 8.30. The summed E-state index contributed by atoms with van der Waals surface area (Å²) in [6.07, 6.45) is 3.10. The lowest BCUT2D eigenvalue weighted by Gasteiger charge is -2.38. The van der Waals surface area contributed by atoms with Crippen molar-refractivity contribution in [3.63, 3.8) is 0 Å². The molecule has 0 radical (unpaired) electrons. The average Bonchev–Trinajstić information content (AvgIpc) is 2.73. The Balaban J connectivity index is 0.00000363. The van der Waals surface area contributed by atoms with E-state index >= 15 is 0 Å². The number of hydrogen-bond acceptors (Lipinski definition) is 4. The Labute approximate surface area is 208 Å². The molecule has 1 aromatic rings. The van der Waals surface area contributed by atoms with E-state index in [0.717, 1.165) is 64.6 Å². The third kappa shape index (κ3) is 8.06. The van der Waals surface area contributed by atoms with Crippen LogP contribution in [0, 0.1) is 11.7 Å². The van der Waals surface area contributed by atoms with E-state index in [1.54, 1.807) is 18.2 Å². The minimum Gasteiger partial charge on any atom is -0.486 e. The number of nitrogens with zero attached hydrogens (tertiary/aromatic N) is 3. The Kier molecular flexibility index (Phi) is 11.5. The zero-order valence-corrected chi connectivity index (χ0v) is 21.5. The molecule has 0 aromatic heterocycles. The Morgan fingerprint density at radius 3 is 2.56 bits per heavy atom. The Morgan fingerprint density at radius 1 is 1.22 bits per heavy atom. The molecule has 2 fully saturated rings. The number of nitrogens with one attached hydrogen (secondary N) is 2. The molecule has 7 nitrogen and oxygen atoms in total. The summed E-state index contributed by atoms with van der Waals surface area (Å²) in [5, 5.41) is 6.59. The fraction of sp³-hybridized carbons (Fsp3) is 0.652. The number of carbonyl (C=O) groups is 1. The predicted molar refractivity (Wildman–Crippen MR) is 136 cm³/mol. The first-order valence-corrected chi connectivity index (χ1v) is 11.5. The van der Waals surface area contributed by atoms with E-state index in [4.69, 9.17) is 4.74 Å². The van der Waals surface area contributed by atoms with E-state index in [1.165, 1.54) is 12.5 Å². The van der Waals surface area contributed by atoms with Crippen LogP contribution >= 0.6 is 24.0 Å². The highest BCUT2D eigenvalue weighted by Crippen LogP contribution is 2.28. The second-order valence-corrected chi connectivity index (χ2v) is 8.30. The number of halogens is 2. The quantitative estimate of drug-likeness (QED) is 0.276. The molecule has 1 amide bonds. The van der Waals surface area contributed by atoms with Gasteiger partial charge in [-0.05, 0) is 38.8 Å². The van der Waals surface area contributed by atoms with E-state index in [-0.39, 0.29) is 47.6 Å². The van der Waals surface area contributed by atoms with Crippen LogP contribution in [0.4, 0.5) is 4.39 Å². The summed E-state index contributed by atoms with van der Waals surface area (Å²) in [6, 6.07) is 6.41. The maximum Gasteiger partial charge on any atom is 0.225 e. The summed E-state index contributed by atoms with van der Waals surface area (Å²) in [5.74, 6) is 1.26. The normalized spacial score (nSPS) is 18.3. The SMILES string of the molecule is CCNC(=NCC(C)Oc1ccccc1F)NCCN1CCN(C(=O)C2CCC2)CC1.I. The summed E-state index contributed by atoms with van der Waals surface area (Å²) >= 11 is 0. The lowest BCUT2D eigenvalue weighted by molar-refractivity contribution is -0.139. The van der Waals surface area contributed by atoms with Crippen LogP contribution in [0.3, 0.4) is 0 Å². The molecule has 1 aliphatic heterocycles. The standard InChI is InChI=1S/C23H36FN5O2.HI/c1-3-25-23(27-17-18(2)31-21-10-5-4-9-20(21)24)26-11-12-28-13-15-29(16-14-28)22(30)19-7-6-8-19;/h4-5,9-10,18-19H,3,6-8,11-17H2,1-2H3,(H2,25,26,27);1H. The maximum absolute atomic E-state index is 13.7. The van der Waals surface area contributed by atoms with E-state index < -0.39 is 0 Å². The topological polar surface area (TPSA) is 69.2 Å². The number of guanidine groups is 1. The highest BCUT2D eigenvalue weighted by Gasteiger charge is 2.30. The molecule has 2 N–H and O–H groups in total. The zero-order valence-electron chi connectivity index (χ0n) is 19.2. The van der Waals surface area contributed by atoms with Gasteiger partial charge in [-0.1, -0.05) is 18.6 Å². The number of amides is 1. The summed E-state index contributed by atoms with van der Waals surface area (Å²) in [7, 11) is 0. The fourth-order valence-corrected chi connectivity index (χ4v) is 3.79. The summed E-state index contributed by atoms with van der Waals surface area (Å²) in [6.45, 7) is 10.2. The molecular formula is C23H37FIN5O2.